The van der Waals surface area contributed by atoms with E-state index in [-0.39, 0.29) is 24.9 Å². The second-order valence-corrected chi connectivity index (χ2v) is 7.62. The molecule has 1 saturated heterocycles. The van der Waals surface area contributed by atoms with E-state index in [9.17, 15) is 9.59 Å². The quantitative estimate of drug-likeness (QED) is 0.649. The molecule has 0 saturated carbocycles. The summed E-state index contributed by atoms with van der Waals surface area (Å²) in [6.45, 7) is 5.96. The average Bonchev–Trinajstić information content (AvgIpc) is 3.08. The lowest BCUT2D eigenvalue weighted by molar-refractivity contribution is -0.121. The molecule has 30 heavy (non-hydrogen) atoms. The van der Waals surface area contributed by atoms with Crippen LogP contribution in [0, 0.1) is 6.92 Å². The summed E-state index contributed by atoms with van der Waals surface area (Å²) < 4.78 is 12.2. The third kappa shape index (κ3) is 4.63. The van der Waals surface area contributed by atoms with E-state index in [1.165, 1.54) is 15.7 Å². The Morgan fingerprint density at radius 3 is 2.73 bits per heavy atom. The number of aryl methyl sites for hydroxylation is 2. The number of hydrogen-bond acceptors (Lipinski definition) is 5. The van der Waals surface area contributed by atoms with E-state index in [2.05, 4.69) is 41.4 Å². The Kier molecular flexibility index (Phi) is 6.30. The highest BCUT2D eigenvalue weighted by atomic mass is 16.5. The zero-order valence-corrected chi connectivity index (χ0v) is 17.2. The first kappa shape index (κ1) is 20.4. The van der Waals surface area contributed by atoms with Gasteiger partial charge in [-0.1, -0.05) is 42.0 Å². The van der Waals surface area contributed by atoms with Crippen LogP contribution in [0.3, 0.4) is 0 Å². The van der Waals surface area contributed by atoms with Gasteiger partial charge in [0.15, 0.2) is 5.58 Å². The van der Waals surface area contributed by atoms with E-state index in [4.69, 9.17) is 9.15 Å². The first-order valence-corrected chi connectivity index (χ1v) is 10.4. The highest BCUT2D eigenvalue weighted by molar-refractivity contribution is 5.76. The van der Waals surface area contributed by atoms with Crippen molar-refractivity contribution in [3.8, 4) is 0 Å². The Hall–Kier alpha value is -2.90. The first-order chi connectivity index (χ1) is 14.6. The number of para-hydroxylation sites is 2. The van der Waals surface area contributed by atoms with Crippen molar-refractivity contribution in [1.29, 1.82) is 0 Å². The molecule has 0 radical (unpaired) electrons. The van der Waals surface area contributed by atoms with Crippen LogP contribution in [0.4, 0.5) is 0 Å². The number of amides is 1. The van der Waals surface area contributed by atoms with Crippen LogP contribution < -0.4 is 11.1 Å². The van der Waals surface area contributed by atoms with Gasteiger partial charge in [0.1, 0.15) is 0 Å². The maximum Gasteiger partial charge on any atom is 0.419 e. The second-order valence-electron chi connectivity index (χ2n) is 7.62. The Labute approximate surface area is 175 Å². The van der Waals surface area contributed by atoms with Crippen LogP contribution in [0.1, 0.15) is 23.6 Å². The Bertz CT molecular complexity index is 1070. The summed E-state index contributed by atoms with van der Waals surface area (Å²) in [5, 5.41) is 3.06. The molecule has 0 aliphatic carbocycles. The van der Waals surface area contributed by atoms with Gasteiger partial charge in [0, 0.05) is 32.6 Å². The van der Waals surface area contributed by atoms with Gasteiger partial charge in [0.25, 0.3) is 0 Å². The minimum absolute atomic E-state index is 0.0851. The maximum absolute atomic E-state index is 12.6. The summed E-state index contributed by atoms with van der Waals surface area (Å²) >= 11 is 0. The highest BCUT2D eigenvalue weighted by Gasteiger charge is 2.23. The van der Waals surface area contributed by atoms with Gasteiger partial charge in [-0.25, -0.2) is 4.79 Å². The van der Waals surface area contributed by atoms with Gasteiger partial charge in [-0.3, -0.25) is 14.3 Å². The van der Waals surface area contributed by atoms with Crippen molar-refractivity contribution in [3.05, 3.63) is 70.2 Å². The maximum atomic E-state index is 12.6. The fraction of sp³-hybridized carbons (Fsp3) is 0.391. The molecule has 3 aromatic rings. The molecule has 1 N–H and O–H groups in total. The molecule has 4 rings (SSSR count). The van der Waals surface area contributed by atoms with Crippen LogP contribution in [-0.2, 0) is 16.1 Å². The number of fused-ring (bicyclic) bond motifs is 1. The predicted molar refractivity (Wildman–Crippen MR) is 114 cm³/mol. The van der Waals surface area contributed by atoms with E-state index in [1.807, 2.05) is 18.2 Å². The van der Waals surface area contributed by atoms with Gasteiger partial charge in [0.2, 0.25) is 5.91 Å². The van der Waals surface area contributed by atoms with Crippen LogP contribution >= 0.6 is 0 Å². The van der Waals surface area contributed by atoms with Crippen molar-refractivity contribution >= 4 is 17.0 Å². The molecule has 1 unspecified atom stereocenters. The molecule has 1 amide bonds. The molecule has 1 aliphatic heterocycles. The Balaban J connectivity index is 1.41. The van der Waals surface area contributed by atoms with E-state index in [1.54, 1.807) is 6.07 Å². The van der Waals surface area contributed by atoms with Crippen LogP contribution in [0.15, 0.2) is 57.7 Å². The zero-order chi connectivity index (χ0) is 20.9. The average molecular weight is 409 g/mol. The number of nitrogens with one attached hydrogen (secondary N) is 1. The summed E-state index contributed by atoms with van der Waals surface area (Å²) in [5.74, 6) is -0.520. The standard InChI is InChI=1S/C23H27N3O4/c1-17-5-4-6-18(15-17)20(25-11-13-29-14-12-25)16-24-22(27)9-10-26-19-7-2-3-8-21(19)30-23(26)28/h2-8,15,20H,9-14,16H2,1H3,(H,24,27). The summed E-state index contributed by atoms with van der Waals surface area (Å²) in [5.41, 5.74) is 3.63. The number of benzene rings is 2. The number of ether oxygens (including phenoxy) is 1. The van der Waals surface area contributed by atoms with Crippen LogP contribution in [0.5, 0.6) is 0 Å². The zero-order valence-electron chi connectivity index (χ0n) is 17.2. The smallest absolute Gasteiger partial charge is 0.408 e. The molecular formula is C23H27N3O4. The fourth-order valence-corrected chi connectivity index (χ4v) is 3.96. The van der Waals surface area contributed by atoms with Crippen molar-refractivity contribution in [2.75, 3.05) is 32.8 Å². The van der Waals surface area contributed by atoms with Gasteiger partial charge in [-0.05, 0) is 24.6 Å². The minimum Gasteiger partial charge on any atom is -0.408 e. The molecule has 0 bridgehead atoms. The largest absolute Gasteiger partial charge is 0.419 e. The first-order valence-electron chi connectivity index (χ1n) is 10.4. The number of hydrogen-bond donors (Lipinski definition) is 1. The molecule has 1 atom stereocenters. The van der Waals surface area contributed by atoms with Gasteiger partial charge >= 0.3 is 5.76 Å². The Morgan fingerprint density at radius 2 is 1.93 bits per heavy atom. The van der Waals surface area contributed by atoms with Crippen molar-refractivity contribution in [3.63, 3.8) is 0 Å². The number of nitrogens with zero attached hydrogens (tertiary/aromatic N) is 2. The molecule has 0 spiro atoms. The number of carbonyl (C=O) groups is 1. The summed E-state index contributed by atoms with van der Waals surface area (Å²) in [6, 6.07) is 15.7. The Morgan fingerprint density at radius 1 is 1.13 bits per heavy atom. The van der Waals surface area contributed by atoms with Crippen molar-refractivity contribution in [1.82, 2.24) is 14.8 Å². The second kappa shape index (κ2) is 9.28. The lowest BCUT2D eigenvalue weighted by atomic mass is 10.0. The van der Waals surface area contributed by atoms with Crippen molar-refractivity contribution < 1.29 is 13.9 Å². The molecule has 1 aromatic heterocycles. The molecule has 1 aliphatic rings. The molecule has 2 heterocycles. The van der Waals surface area contributed by atoms with E-state index in [0.717, 1.165) is 13.1 Å². The summed E-state index contributed by atoms with van der Waals surface area (Å²) in [6.07, 6.45) is 0.215. The summed E-state index contributed by atoms with van der Waals surface area (Å²) in [7, 11) is 0. The SMILES string of the molecule is Cc1cccc(C(CNC(=O)CCn2c(=O)oc3ccccc32)N2CCOCC2)c1. The number of oxazole rings is 1. The van der Waals surface area contributed by atoms with Gasteiger partial charge in [-0.2, -0.15) is 0 Å². The topological polar surface area (TPSA) is 76.7 Å². The van der Waals surface area contributed by atoms with Gasteiger partial charge < -0.3 is 14.5 Å². The number of rotatable bonds is 7. The van der Waals surface area contributed by atoms with Crippen LogP contribution in [-0.4, -0.2) is 48.2 Å². The van der Waals surface area contributed by atoms with E-state index in [0.29, 0.717) is 30.9 Å². The van der Waals surface area contributed by atoms with Crippen LogP contribution in [0.2, 0.25) is 0 Å². The fourth-order valence-electron chi connectivity index (χ4n) is 3.96. The van der Waals surface area contributed by atoms with Crippen molar-refractivity contribution in [2.24, 2.45) is 0 Å². The predicted octanol–water partition coefficient (Wildman–Crippen LogP) is 2.48. The monoisotopic (exact) mass is 409 g/mol. The lowest BCUT2D eigenvalue weighted by Gasteiger charge is -2.35. The normalized spacial score (nSPS) is 15.9. The molecular weight excluding hydrogens is 382 g/mol. The third-order valence-corrected chi connectivity index (χ3v) is 5.54. The van der Waals surface area contributed by atoms with E-state index < -0.39 is 5.76 Å². The lowest BCUT2D eigenvalue weighted by Crippen LogP contribution is -2.44. The van der Waals surface area contributed by atoms with Crippen LogP contribution in [0.25, 0.3) is 11.1 Å². The molecule has 2 aromatic carbocycles. The molecule has 7 heteroatoms. The minimum atomic E-state index is -0.435. The molecule has 7 nitrogen and oxygen atoms in total. The van der Waals surface area contributed by atoms with Gasteiger partial charge in [0.05, 0.1) is 24.8 Å². The highest BCUT2D eigenvalue weighted by Crippen LogP contribution is 2.22. The van der Waals surface area contributed by atoms with Crippen molar-refractivity contribution in [2.45, 2.75) is 25.9 Å². The summed E-state index contributed by atoms with van der Waals surface area (Å²) in [4.78, 5) is 27.0. The van der Waals surface area contributed by atoms with Gasteiger partial charge in [-0.15, -0.1) is 0 Å². The number of aromatic nitrogens is 1. The van der Waals surface area contributed by atoms with E-state index >= 15 is 0 Å². The number of carbonyl (C=O) groups excluding carboxylic acids is 1. The molecule has 1 fully saturated rings. The third-order valence-electron chi connectivity index (χ3n) is 5.54. The molecule has 158 valence electrons. The number of morpholine rings is 1.